The third kappa shape index (κ3) is 2.94. The Balaban J connectivity index is 1.92. The van der Waals surface area contributed by atoms with Crippen LogP contribution >= 0.6 is 0 Å². The quantitative estimate of drug-likeness (QED) is 0.751. The predicted octanol–water partition coefficient (Wildman–Crippen LogP) is 2.11. The Morgan fingerprint density at radius 1 is 1.33 bits per heavy atom. The van der Waals surface area contributed by atoms with E-state index in [0.717, 1.165) is 5.92 Å². The average molecular weight is 210 g/mol. The van der Waals surface area contributed by atoms with E-state index in [1.54, 1.807) is 0 Å². The Bertz CT molecular complexity index is 227. The number of nitrogens with one attached hydrogen (secondary N) is 1. The molecule has 0 spiro atoms. The molecule has 0 aromatic rings. The van der Waals surface area contributed by atoms with Gasteiger partial charge in [0.2, 0.25) is 0 Å². The normalized spacial score (nSPS) is 34.4. The maximum absolute atomic E-state index is 3.73. The van der Waals surface area contributed by atoms with Crippen molar-refractivity contribution in [1.82, 2.24) is 10.2 Å². The zero-order valence-corrected chi connectivity index (χ0v) is 10.8. The Hall–Kier alpha value is -0.0800. The molecule has 2 heteroatoms. The van der Waals surface area contributed by atoms with Crippen molar-refractivity contribution in [3.8, 4) is 0 Å². The fourth-order valence-electron chi connectivity index (χ4n) is 2.90. The lowest BCUT2D eigenvalue weighted by Gasteiger charge is -2.44. The van der Waals surface area contributed by atoms with Gasteiger partial charge in [-0.3, -0.25) is 4.90 Å². The van der Waals surface area contributed by atoms with Crippen molar-refractivity contribution in [3.05, 3.63) is 0 Å². The first kappa shape index (κ1) is 11.4. The van der Waals surface area contributed by atoms with Gasteiger partial charge in [-0.2, -0.15) is 0 Å². The Morgan fingerprint density at radius 2 is 2.00 bits per heavy atom. The molecule has 1 heterocycles. The first-order valence-corrected chi connectivity index (χ1v) is 6.36. The van der Waals surface area contributed by atoms with Crippen LogP contribution in [0.2, 0.25) is 0 Å². The van der Waals surface area contributed by atoms with E-state index in [-0.39, 0.29) is 0 Å². The number of hydrogen-bond acceptors (Lipinski definition) is 2. The van der Waals surface area contributed by atoms with E-state index in [2.05, 4.69) is 37.9 Å². The van der Waals surface area contributed by atoms with E-state index >= 15 is 0 Å². The summed E-state index contributed by atoms with van der Waals surface area (Å²) in [5, 5.41) is 3.73. The van der Waals surface area contributed by atoms with Crippen molar-refractivity contribution >= 4 is 0 Å². The molecular weight excluding hydrogens is 184 g/mol. The highest BCUT2D eigenvalue weighted by atomic mass is 15.2. The summed E-state index contributed by atoms with van der Waals surface area (Å²) in [6, 6.07) is 0. The lowest BCUT2D eigenvalue weighted by Crippen LogP contribution is -2.60. The van der Waals surface area contributed by atoms with Gasteiger partial charge in [-0.15, -0.1) is 0 Å². The molecule has 2 aliphatic rings. The van der Waals surface area contributed by atoms with Gasteiger partial charge in [0.25, 0.3) is 0 Å². The topological polar surface area (TPSA) is 15.3 Å². The largest absolute Gasteiger partial charge is 0.309 e. The molecule has 1 saturated heterocycles. The predicted molar refractivity (Wildman–Crippen MR) is 65.0 cm³/mol. The highest BCUT2D eigenvalue weighted by Gasteiger charge is 2.44. The lowest BCUT2D eigenvalue weighted by molar-refractivity contribution is 0.0955. The lowest BCUT2D eigenvalue weighted by atomic mass is 9.90. The molecule has 1 saturated carbocycles. The molecule has 1 aliphatic heterocycles. The first-order valence-electron chi connectivity index (χ1n) is 6.36. The van der Waals surface area contributed by atoms with Crippen LogP contribution < -0.4 is 5.32 Å². The van der Waals surface area contributed by atoms with Gasteiger partial charge >= 0.3 is 0 Å². The highest BCUT2D eigenvalue weighted by Crippen LogP contribution is 2.41. The summed E-state index contributed by atoms with van der Waals surface area (Å²) in [5.74, 6) is 0.945. The van der Waals surface area contributed by atoms with E-state index in [1.807, 2.05) is 0 Å². The minimum atomic E-state index is 0.406. The van der Waals surface area contributed by atoms with Gasteiger partial charge in [-0.05, 0) is 31.1 Å². The summed E-state index contributed by atoms with van der Waals surface area (Å²) in [5.41, 5.74) is 0.839. The van der Waals surface area contributed by atoms with Gasteiger partial charge in [-0.1, -0.05) is 20.8 Å². The summed E-state index contributed by atoms with van der Waals surface area (Å²) in [6.45, 7) is 14.3. The molecule has 0 aromatic heterocycles. The maximum Gasteiger partial charge on any atom is 0.0309 e. The minimum absolute atomic E-state index is 0.406. The van der Waals surface area contributed by atoms with Crippen molar-refractivity contribution in [2.75, 3.05) is 26.2 Å². The van der Waals surface area contributed by atoms with Gasteiger partial charge < -0.3 is 5.32 Å². The van der Waals surface area contributed by atoms with Crippen LogP contribution in [-0.4, -0.2) is 36.6 Å². The van der Waals surface area contributed by atoms with E-state index < -0.39 is 0 Å². The Labute approximate surface area is 94.4 Å². The number of rotatable bonds is 2. The van der Waals surface area contributed by atoms with Gasteiger partial charge in [-0.25, -0.2) is 0 Å². The molecular formula is C13H26N2. The number of piperazine rings is 1. The molecule has 1 atom stereocenters. The molecule has 2 nitrogen and oxygen atoms in total. The van der Waals surface area contributed by atoms with Gasteiger partial charge in [0, 0.05) is 31.7 Å². The highest BCUT2D eigenvalue weighted by molar-refractivity contribution is 5.02. The summed E-state index contributed by atoms with van der Waals surface area (Å²) in [4.78, 5) is 2.65. The molecule has 15 heavy (non-hydrogen) atoms. The minimum Gasteiger partial charge on any atom is -0.309 e. The van der Waals surface area contributed by atoms with Crippen LogP contribution in [0.5, 0.6) is 0 Å². The molecule has 88 valence electrons. The summed E-state index contributed by atoms with van der Waals surface area (Å²) < 4.78 is 0. The molecule has 0 aromatic carbocycles. The van der Waals surface area contributed by atoms with E-state index in [4.69, 9.17) is 0 Å². The van der Waals surface area contributed by atoms with Crippen LogP contribution in [0.4, 0.5) is 0 Å². The molecule has 0 radical (unpaired) electrons. The smallest absolute Gasteiger partial charge is 0.0309 e. The van der Waals surface area contributed by atoms with Crippen molar-refractivity contribution < 1.29 is 0 Å². The zero-order chi connectivity index (χ0) is 11.1. The fraction of sp³-hybridized carbons (Fsp3) is 1.00. The van der Waals surface area contributed by atoms with E-state index in [0.29, 0.717) is 11.0 Å². The van der Waals surface area contributed by atoms with Crippen molar-refractivity contribution in [2.24, 2.45) is 11.3 Å². The Morgan fingerprint density at radius 3 is 2.53 bits per heavy atom. The van der Waals surface area contributed by atoms with Crippen LogP contribution in [0.3, 0.4) is 0 Å². The zero-order valence-electron chi connectivity index (χ0n) is 10.8. The van der Waals surface area contributed by atoms with Crippen LogP contribution in [0.15, 0.2) is 0 Å². The van der Waals surface area contributed by atoms with Gasteiger partial charge in [0.15, 0.2) is 0 Å². The molecule has 0 bridgehead atoms. The summed E-state index contributed by atoms with van der Waals surface area (Å²) in [7, 11) is 0. The van der Waals surface area contributed by atoms with Crippen LogP contribution in [0.1, 0.15) is 40.5 Å². The van der Waals surface area contributed by atoms with E-state index in [1.165, 1.54) is 39.0 Å². The summed E-state index contributed by atoms with van der Waals surface area (Å²) in [6.07, 6.45) is 2.87. The van der Waals surface area contributed by atoms with Gasteiger partial charge in [0.05, 0.1) is 0 Å². The molecule has 1 unspecified atom stereocenters. The third-order valence-electron chi connectivity index (χ3n) is 3.69. The summed E-state index contributed by atoms with van der Waals surface area (Å²) >= 11 is 0. The van der Waals surface area contributed by atoms with E-state index in [9.17, 15) is 0 Å². The SMILES string of the molecule is CC(C)(C)CN1CCNC(C)(C2CC2)C1. The van der Waals surface area contributed by atoms with Gasteiger partial charge in [0.1, 0.15) is 0 Å². The molecule has 0 amide bonds. The van der Waals surface area contributed by atoms with Crippen molar-refractivity contribution in [3.63, 3.8) is 0 Å². The average Bonchev–Trinajstić information content (AvgIpc) is 2.81. The van der Waals surface area contributed by atoms with Crippen LogP contribution in [-0.2, 0) is 0 Å². The second-order valence-corrected chi connectivity index (χ2v) is 6.89. The van der Waals surface area contributed by atoms with Crippen molar-refractivity contribution in [1.29, 1.82) is 0 Å². The van der Waals surface area contributed by atoms with Crippen LogP contribution in [0.25, 0.3) is 0 Å². The van der Waals surface area contributed by atoms with Crippen molar-refractivity contribution in [2.45, 2.75) is 46.1 Å². The fourth-order valence-corrected chi connectivity index (χ4v) is 2.90. The first-order chi connectivity index (χ1) is 6.89. The number of nitrogens with zero attached hydrogens (tertiary/aromatic N) is 1. The Kier molecular flexibility index (Phi) is 2.85. The molecule has 1 aliphatic carbocycles. The monoisotopic (exact) mass is 210 g/mol. The third-order valence-corrected chi connectivity index (χ3v) is 3.69. The standard InChI is InChI=1S/C13H26N2/c1-12(2,3)9-15-8-7-14-13(4,10-15)11-5-6-11/h11,14H,5-10H2,1-4H3. The second-order valence-electron chi connectivity index (χ2n) is 6.89. The van der Waals surface area contributed by atoms with Crippen LogP contribution in [0, 0.1) is 11.3 Å². The number of hydrogen-bond donors (Lipinski definition) is 1. The molecule has 2 rings (SSSR count). The maximum atomic E-state index is 3.73. The molecule has 1 N–H and O–H groups in total. The second kappa shape index (κ2) is 3.74. The molecule has 2 fully saturated rings.